The molecule has 0 fully saturated rings. The lowest BCUT2D eigenvalue weighted by Gasteiger charge is -2.05. The molecule has 4 nitrogen and oxygen atoms in total. The first-order valence-electron chi connectivity index (χ1n) is 5.00. The lowest BCUT2D eigenvalue weighted by molar-refractivity contribution is 0.629. The van der Waals surface area contributed by atoms with Crippen molar-refractivity contribution in [3.63, 3.8) is 0 Å². The van der Waals surface area contributed by atoms with Crippen molar-refractivity contribution in [2.75, 3.05) is 12.0 Å². The van der Waals surface area contributed by atoms with E-state index in [1.165, 1.54) is 0 Å². The largest absolute Gasteiger partial charge is 0.328 e. The van der Waals surface area contributed by atoms with Gasteiger partial charge >= 0.3 is 5.69 Å². The summed E-state index contributed by atoms with van der Waals surface area (Å²) in [5.41, 5.74) is 0.0978. The molecule has 1 rings (SSSR count). The van der Waals surface area contributed by atoms with Crippen LogP contribution in [0.15, 0.2) is 15.8 Å². The van der Waals surface area contributed by atoms with Crippen molar-refractivity contribution in [2.45, 2.75) is 26.3 Å². The van der Waals surface area contributed by atoms with E-state index >= 15 is 0 Å². The third-order valence-electron chi connectivity index (χ3n) is 2.21. The summed E-state index contributed by atoms with van der Waals surface area (Å²) >= 11 is 1.75. The molecule has 0 aliphatic carbocycles. The summed E-state index contributed by atoms with van der Waals surface area (Å²) in [6.45, 7) is 2.57. The van der Waals surface area contributed by atoms with Crippen LogP contribution in [-0.4, -0.2) is 21.6 Å². The van der Waals surface area contributed by atoms with Crippen molar-refractivity contribution in [3.8, 4) is 0 Å². The van der Waals surface area contributed by atoms with Crippen LogP contribution in [-0.2, 0) is 13.0 Å². The zero-order chi connectivity index (χ0) is 11.3. The maximum absolute atomic E-state index is 11.4. The Labute approximate surface area is 92.7 Å². The summed E-state index contributed by atoms with van der Waals surface area (Å²) in [6, 6.07) is 0. The molecule has 0 aromatic carbocycles. The summed E-state index contributed by atoms with van der Waals surface area (Å²) in [7, 11) is 0. The molecule has 0 atom stereocenters. The number of nitrogens with one attached hydrogen (secondary N) is 1. The molecule has 0 amide bonds. The van der Waals surface area contributed by atoms with Crippen molar-refractivity contribution >= 4 is 11.8 Å². The number of aromatic amines is 1. The average Bonchev–Trinajstić information content (AvgIpc) is 2.21. The standard InChI is InChI=1S/C10H16N2O2S/c1-3-8-7-12(5-4-6-15-2)10(14)11-9(8)13/h7H,3-6H2,1-2H3,(H,11,13,14). The zero-order valence-corrected chi connectivity index (χ0v) is 9.89. The summed E-state index contributed by atoms with van der Waals surface area (Å²) in [4.78, 5) is 25.0. The quantitative estimate of drug-likeness (QED) is 0.760. The van der Waals surface area contributed by atoms with Gasteiger partial charge in [0.1, 0.15) is 0 Å². The molecule has 5 heteroatoms. The van der Waals surface area contributed by atoms with Crippen LogP contribution in [0.4, 0.5) is 0 Å². The molecule has 84 valence electrons. The van der Waals surface area contributed by atoms with Gasteiger partial charge < -0.3 is 4.57 Å². The third-order valence-corrected chi connectivity index (χ3v) is 2.91. The number of nitrogens with zero attached hydrogens (tertiary/aromatic N) is 1. The molecule has 0 bridgehead atoms. The number of hydrogen-bond acceptors (Lipinski definition) is 3. The fourth-order valence-corrected chi connectivity index (χ4v) is 1.77. The van der Waals surface area contributed by atoms with Crippen LogP contribution >= 0.6 is 11.8 Å². The van der Waals surface area contributed by atoms with Crippen LogP contribution in [0, 0.1) is 0 Å². The van der Waals surface area contributed by atoms with E-state index < -0.39 is 0 Å². The number of H-pyrrole nitrogens is 1. The minimum atomic E-state index is -0.307. The molecule has 1 heterocycles. The highest BCUT2D eigenvalue weighted by Gasteiger charge is 2.02. The fraction of sp³-hybridized carbons (Fsp3) is 0.600. The second-order valence-electron chi connectivity index (χ2n) is 3.31. The second-order valence-corrected chi connectivity index (χ2v) is 4.29. The Morgan fingerprint density at radius 3 is 2.80 bits per heavy atom. The van der Waals surface area contributed by atoms with Crippen molar-refractivity contribution in [1.82, 2.24) is 9.55 Å². The van der Waals surface area contributed by atoms with Crippen LogP contribution in [0.2, 0.25) is 0 Å². The Kier molecular flexibility index (Phi) is 4.68. The van der Waals surface area contributed by atoms with Gasteiger partial charge in [0.15, 0.2) is 0 Å². The second kappa shape index (κ2) is 5.80. The molecular formula is C10H16N2O2S. The molecular weight excluding hydrogens is 212 g/mol. The maximum Gasteiger partial charge on any atom is 0.328 e. The Morgan fingerprint density at radius 1 is 1.47 bits per heavy atom. The van der Waals surface area contributed by atoms with Gasteiger partial charge in [-0.25, -0.2) is 4.79 Å². The van der Waals surface area contributed by atoms with Crippen LogP contribution in [0.25, 0.3) is 0 Å². The Bertz CT molecular complexity index is 422. The van der Waals surface area contributed by atoms with Gasteiger partial charge in [-0.15, -0.1) is 0 Å². The van der Waals surface area contributed by atoms with E-state index in [-0.39, 0.29) is 11.2 Å². The van der Waals surface area contributed by atoms with Crippen molar-refractivity contribution in [1.29, 1.82) is 0 Å². The molecule has 0 saturated carbocycles. The van der Waals surface area contributed by atoms with E-state index in [1.807, 2.05) is 13.2 Å². The van der Waals surface area contributed by atoms with Crippen molar-refractivity contribution < 1.29 is 0 Å². The fourth-order valence-electron chi connectivity index (χ4n) is 1.35. The lowest BCUT2D eigenvalue weighted by Crippen LogP contribution is -2.31. The molecule has 1 N–H and O–H groups in total. The topological polar surface area (TPSA) is 54.9 Å². The highest BCUT2D eigenvalue weighted by Crippen LogP contribution is 1.97. The Morgan fingerprint density at radius 2 is 2.20 bits per heavy atom. The highest BCUT2D eigenvalue weighted by molar-refractivity contribution is 7.98. The van der Waals surface area contributed by atoms with Crippen molar-refractivity contribution in [2.24, 2.45) is 0 Å². The number of thioether (sulfide) groups is 1. The van der Waals surface area contributed by atoms with E-state index in [2.05, 4.69) is 4.98 Å². The first-order valence-corrected chi connectivity index (χ1v) is 6.40. The SMILES string of the molecule is CCc1cn(CCCSC)c(=O)[nH]c1=O. The van der Waals surface area contributed by atoms with Gasteiger partial charge in [-0.2, -0.15) is 11.8 Å². The average molecular weight is 228 g/mol. The van der Waals surface area contributed by atoms with Gasteiger partial charge in [0, 0.05) is 18.3 Å². The van der Waals surface area contributed by atoms with Crippen LogP contribution < -0.4 is 11.2 Å². The molecule has 0 radical (unpaired) electrons. The minimum absolute atomic E-state index is 0.261. The number of aromatic nitrogens is 2. The Hall–Kier alpha value is -0.970. The first kappa shape index (κ1) is 12.1. The maximum atomic E-state index is 11.4. The zero-order valence-electron chi connectivity index (χ0n) is 9.08. The Balaban J connectivity index is 2.88. The van der Waals surface area contributed by atoms with Gasteiger partial charge in [0.25, 0.3) is 5.56 Å². The molecule has 0 aliphatic rings. The molecule has 0 aliphatic heterocycles. The van der Waals surface area contributed by atoms with Crippen LogP contribution in [0.1, 0.15) is 18.9 Å². The monoisotopic (exact) mass is 228 g/mol. The summed E-state index contributed by atoms with van der Waals surface area (Å²) in [5, 5.41) is 0. The van der Waals surface area contributed by atoms with Crippen molar-refractivity contribution in [3.05, 3.63) is 32.6 Å². The number of hydrogen-bond donors (Lipinski definition) is 1. The number of rotatable bonds is 5. The first-order chi connectivity index (χ1) is 7.19. The van der Waals surface area contributed by atoms with E-state index in [0.717, 1.165) is 12.2 Å². The third kappa shape index (κ3) is 3.27. The van der Waals surface area contributed by atoms with E-state index in [9.17, 15) is 9.59 Å². The van der Waals surface area contributed by atoms with Gasteiger partial charge in [0.2, 0.25) is 0 Å². The van der Waals surface area contributed by atoms with Gasteiger partial charge in [-0.1, -0.05) is 6.92 Å². The minimum Gasteiger partial charge on any atom is -0.300 e. The van der Waals surface area contributed by atoms with E-state index in [0.29, 0.717) is 18.5 Å². The predicted molar refractivity (Wildman–Crippen MR) is 63.7 cm³/mol. The number of aryl methyl sites for hydroxylation is 2. The predicted octanol–water partition coefficient (Wildman–Crippen LogP) is 0.852. The molecule has 0 saturated heterocycles. The summed E-state index contributed by atoms with van der Waals surface area (Å²) in [5.74, 6) is 1.02. The highest BCUT2D eigenvalue weighted by atomic mass is 32.2. The van der Waals surface area contributed by atoms with Gasteiger partial charge in [-0.3, -0.25) is 9.78 Å². The van der Waals surface area contributed by atoms with E-state index in [4.69, 9.17) is 0 Å². The lowest BCUT2D eigenvalue weighted by atomic mass is 10.2. The molecule has 0 unspecified atom stereocenters. The van der Waals surface area contributed by atoms with Crippen LogP contribution in [0.5, 0.6) is 0 Å². The molecule has 15 heavy (non-hydrogen) atoms. The summed E-state index contributed by atoms with van der Waals surface area (Å²) in [6.07, 6.45) is 5.29. The summed E-state index contributed by atoms with van der Waals surface area (Å²) < 4.78 is 1.58. The van der Waals surface area contributed by atoms with E-state index in [1.54, 1.807) is 22.5 Å². The molecule has 1 aromatic heterocycles. The molecule has 1 aromatic rings. The van der Waals surface area contributed by atoms with Crippen LogP contribution in [0.3, 0.4) is 0 Å². The smallest absolute Gasteiger partial charge is 0.300 e. The normalized spacial score (nSPS) is 10.5. The van der Waals surface area contributed by atoms with Gasteiger partial charge in [-0.05, 0) is 24.9 Å². The van der Waals surface area contributed by atoms with Gasteiger partial charge in [0.05, 0.1) is 0 Å². The molecule has 0 spiro atoms.